The zero-order chi connectivity index (χ0) is 15.2. The second kappa shape index (κ2) is 7.25. The van der Waals surface area contributed by atoms with E-state index in [1.165, 1.54) is 38.5 Å². The molecule has 0 spiro atoms. The predicted octanol–water partition coefficient (Wildman–Crippen LogP) is 3.36. The third kappa shape index (κ3) is 3.75. The summed E-state index contributed by atoms with van der Waals surface area (Å²) in [7, 11) is 0. The van der Waals surface area contributed by atoms with Crippen LogP contribution in [-0.2, 0) is 6.54 Å². The molecule has 0 amide bonds. The molecule has 0 unspecified atom stereocenters. The maximum absolute atomic E-state index is 6.07. The number of aliphatic imine (C=N–C) groups is 1. The summed E-state index contributed by atoms with van der Waals surface area (Å²) in [5.74, 6) is 0.555. The maximum atomic E-state index is 6.07. The number of nitrogens with one attached hydrogen (secondary N) is 1. The van der Waals surface area contributed by atoms with Crippen LogP contribution in [0.3, 0.4) is 0 Å². The van der Waals surface area contributed by atoms with Gasteiger partial charge in [0.1, 0.15) is 0 Å². The van der Waals surface area contributed by atoms with E-state index in [-0.39, 0.29) is 0 Å². The highest BCUT2D eigenvalue weighted by atomic mass is 15.1. The van der Waals surface area contributed by atoms with Crippen LogP contribution in [0.5, 0.6) is 0 Å². The number of hydrogen-bond donors (Lipinski definition) is 2. The first kappa shape index (κ1) is 14.8. The molecule has 3 N–H and O–H groups in total. The smallest absolute Gasteiger partial charge is 0.189 e. The van der Waals surface area contributed by atoms with Crippen LogP contribution in [0.25, 0.3) is 10.9 Å². The molecule has 116 valence electrons. The zero-order valence-corrected chi connectivity index (χ0v) is 13.0. The second-order valence-corrected chi connectivity index (χ2v) is 6.03. The zero-order valence-electron chi connectivity index (χ0n) is 13.0. The Morgan fingerprint density at radius 1 is 1.14 bits per heavy atom. The number of para-hydroxylation sites is 1. The van der Waals surface area contributed by atoms with Gasteiger partial charge in [-0.25, -0.2) is 4.99 Å². The lowest BCUT2D eigenvalue weighted by molar-refractivity contribution is 0.530. The highest BCUT2D eigenvalue weighted by molar-refractivity contribution is 5.82. The number of aromatic nitrogens is 1. The van der Waals surface area contributed by atoms with Gasteiger partial charge in [-0.05, 0) is 24.5 Å². The van der Waals surface area contributed by atoms with E-state index in [4.69, 9.17) is 5.73 Å². The van der Waals surface area contributed by atoms with Gasteiger partial charge in [0, 0.05) is 17.6 Å². The normalized spacial score (nSPS) is 17.4. The number of nitrogens with two attached hydrogens (primary N) is 1. The molecule has 0 aliphatic heterocycles. The minimum absolute atomic E-state index is 0.483. The van der Waals surface area contributed by atoms with Crippen molar-refractivity contribution < 1.29 is 0 Å². The van der Waals surface area contributed by atoms with Gasteiger partial charge in [-0.15, -0.1) is 0 Å². The molecule has 1 fully saturated rings. The number of pyridine rings is 1. The van der Waals surface area contributed by atoms with E-state index in [0.717, 1.165) is 16.5 Å². The molecular weight excluding hydrogens is 272 g/mol. The highest BCUT2D eigenvalue weighted by Crippen LogP contribution is 2.18. The van der Waals surface area contributed by atoms with Crippen LogP contribution < -0.4 is 11.1 Å². The van der Waals surface area contributed by atoms with Crippen LogP contribution in [0, 0.1) is 0 Å². The summed E-state index contributed by atoms with van der Waals surface area (Å²) in [4.78, 5) is 8.97. The first-order chi connectivity index (χ1) is 10.8. The van der Waals surface area contributed by atoms with Crippen molar-refractivity contribution in [2.24, 2.45) is 10.7 Å². The van der Waals surface area contributed by atoms with Gasteiger partial charge in [-0.3, -0.25) is 4.98 Å². The number of fused-ring (bicyclic) bond motifs is 1. The second-order valence-electron chi connectivity index (χ2n) is 6.03. The number of hydrogen-bond acceptors (Lipinski definition) is 2. The molecule has 0 radical (unpaired) electrons. The summed E-state index contributed by atoms with van der Waals surface area (Å²) in [6.07, 6.45) is 9.49. The van der Waals surface area contributed by atoms with Crippen molar-refractivity contribution in [3.8, 4) is 0 Å². The lowest BCUT2D eigenvalue weighted by Crippen LogP contribution is -2.39. The average molecular weight is 296 g/mol. The minimum atomic E-state index is 0.483. The van der Waals surface area contributed by atoms with Gasteiger partial charge in [-0.1, -0.05) is 49.9 Å². The molecule has 1 aromatic heterocycles. The van der Waals surface area contributed by atoms with Crippen LogP contribution >= 0.6 is 0 Å². The van der Waals surface area contributed by atoms with Crippen molar-refractivity contribution in [2.75, 3.05) is 0 Å². The summed E-state index contributed by atoms with van der Waals surface area (Å²) >= 11 is 0. The Morgan fingerprint density at radius 3 is 2.73 bits per heavy atom. The van der Waals surface area contributed by atoms with Crippen molar-refractivity contribution in [1.82, 2.24) is 10.3 Å². The van der Waals surface area contributed by atoms with Crippen LogP contribution in [0.2, 0.25) is 0 Å². The molecule has 1 aromatic carbocycles. The van der Waals surface area contributed by atoms with E-state index >= 15 is 0 Å². The Kier molecular flexibility index (Phi) is 4.88. The third-order valence-electron chi connectivity index (χ3n) is 4.34. The molecule has 0 bridgehead atoms. The van der Waals surface area contributed by atoms with Crippen molar-refractivity contribution in [3.63, 3.8) is 0 Å². The molecule has 1 aliphatic rings. The summed E-state index contributed by atoms with van der Waals surface area (Å²) in [6, 6.07) is 10.7. The molecular formula is C18H24N4. The molecule has 2 aromatic rings. The third-order valence-corrected chi connectivity index (χ3v) is 4.34. The molecule has 0 saturated heterocycles. The van der Waals surface area contributed by atoms with Gasteiger partial charge >= 0.3 is 0 Å². The molecule has 22 heavy (non-hydrogen) atoms. The lowest BCUT2D eigenvalue weighted by atomic mass is 10.1. The number of rotatable bonds is 3. The van der Waals surface area contributed by atoms with Crippen LogP contribution in [0.1, 0.15) is 44.1 Å². The fourth-order valence-corrected chi connectivity index (χ4v) is 3.14. The van der Waals surface area contributed by atoms with Crippen molar-refractivity contribution >= 4 is 16.9 Å². The van der Waals surface area contributed by atoms with E-state index in [9.17, 15) is 0 Å². The SMILES string of the molecule is NC(=NCc1cccc2cccnc12)NC1CCCCCC1. The van der Waals surface area contributed by atoms with Crippen molar-refractivity contribution in [1.29, 1.82) is 0 Å². The van der Waals surface area contributed by atoms with Crippen LogP contribution in [-0.4, -0.2) is 17.0 Å². The molecule has 1 saturated carbocycles. The minimum Gasteiger partial charge on any atom is -0.370 e. The quantitative estimate of drug-likeness (QED) is 0.518. The van der Waals surface area contributed by atoms with Gasteiger partial charge in [0.05, 0.1) is 12.1 Å². The Balaban J connectivity index is 1.66. The molecule has 4 heteroatoms. The van der Waals surface area contributed by atoms with E-state index in [1.807, 2.05) is 18.3 Å². The van der Waals surface area contributed by atoms with Crippen LogP contribution in [0.4, 0.5) is 0 Å². The average Bonchev–Trinajstić information content (AvgIpc) is 2.81. The van der Waals surface area contributed by atoms with Crippen molar-refractivity contribution in [2.45, 2.75) is 51.1 Å². The standard InChI is InChI=1S/C18H24N4/c19-18(22-16-10-3-1-2-4-11-16)21-13-15-8-5-7-14-9-6-12-20-17(14)15/h5-9,12,16H,1-4,10-11,13H2,(H3,19,21,22). The highest BCUT2D eigenvalue weighted by Gasteiger charge is 2.12. The topological polar surface area (TPSA) is 63.3 Å². The lowest BCUT2D eigenvalue weighted by Gasteiger charge is -2.16. The van der Waals surface area contributed by atoms with E-state index in [0.29, 0.717) is 18.5 Å². The molecule has 1 aliphatic carbocycles. The van der Waals surface area contributed by atoms with E-state index in [2.05, 4.69) is 33.5 Å². The van der Waals surface area contributed by atoms with Gasteiger partial charge in [-0.2, -0.15) is 0 Å². The number of benzene rings is 1. The monoisotopic (exact) mass is 296 g/mol. The number of nitrogens with zero attached hydrogens (tertiary/aromatic N) is 2. The largest absolute Gasteiger partial charge is 0.370 e. The van der Waals surface area contributed by atoms with Gasteiger partial charge in [0.25, 0.3) is 0 Å². The maximum Gasteiger partial charge on any atom is 0.189 e. The van der Waals surface area contributed by atoms with E-state index < -0.39 is 0 Å². The Bertz CT molecular complexity index is 637. The predicted molar refractivity (Wildman–Crippen MR) is 91.7 cm³/mol. The molecule has 0 atom stereocenters. The summed E-state index contributed by atoms with van der Waals surface area (Å²) in [5, 5.41) is 4.53. The fraction of sp³-hybridized carbons (Fsp3) is 0.444. The first-order valence-corrected chi connectivity index (χ1v) is 8.22. The number of guanidine groups is 1. The Labute approximate surface area is 131 Å². The fourth-order valence-electron chi connectivity index (χ4n) is 3.14. The Hall–Kier alpha value is -2.10. The first-order valence-electron chi connectivity index (χ1n) is 8.22. The Morgan fingerprint density at radius 2 is 1.91 bits per heavy atom. The van der Waals surface area contributed by atoms with Gasteiger partial charge < -0.3 is 11.1 Å². The van der Waals surface area contributed by atoms with Crippen molar-refractivity contribution in [3.05, 3.63) is 42.1 Å². The van der Waals surface area contributed by atoms with Gasteiger partial charge in [0.2, 0.25) is 0 Å². The molecule has 4 nitrogen and oxygen atoms in total. The summed E-state index contributed by atoms with van der Waals surface area (Å²) < 4.78 is 0. The summed E-state index contributed by atoms with van der Waals surface area (Å²) in [5.41, 5.74) is 8.19. The van der Waals surface area contributed by atoms with Crippen LogP contribution in [0.15, 0.2) is 41.5 Å². The molecule has 3 rings (SSSR count). The van der Waals surface area contributed by atoms with Gasteiger partial charge in [0.15, 0.2) is 5.96 Å². The summed E-state index contributed by atoms with van der Waals surface area (Å²) in [6.45, 7) is 0.569. The van der Waals surface area contributed by atoms with E-state index in [1.54, 1.807) is 0 Å². The molecule has 1 heterocycles.